The van der Waals surface area contributed by atoms with Gasteiger partial charge in [-0.2, -0.15) is 13.2 Å². The van der Waals surface area contributed by atoms with Gasteiger partial charge in [0.25, 0.3) is 0 Å². The summed E-state index contributed by atoms with van der Waals surface area (Å²) in [6.45, 7) is 7.15. The van der Waals surface area contributed by atoms with Crippen molar-refractivity contribution in [1.82, 2.24) is 24.8 Å². The molecule has 2 aliphatic rings. The van der Waals surface area contributed by atoms with Crippen LogP contribution in [0.3, 0.4) is 0 Å². The van der Waals surface area contributed by atoms with Gasteiger partial charge in [0.2, 0.25) is 0 Å². The van der Waals surface area contributed by atoms with Crippen LogP contribution in [0.5, 0.6) is 0 Å². The highest BCUT2D eigenvalue weighted by Crippen LogP contribution is 2.40. The highest BCUT2D eigenvalue weighted by Gasteiger charge is 2.38. The molecule has 1 aromatic carbocycles. The van der Waals surface area contributed by atoms with Crippen molar-refractivity contribution >= 4 is 21.9 Å². The molecular formula is C23H28F3N5. The molecule has 1 saturated heterocycles. The Morgan fingerprint density at radius 1 is 1.06 bits per heavy atom. The van der Waals surface area contributed by atoms with Crippen LogP contribution in [0.25, 0.3) is 21.9 Å². The van der Waals surface area contributed by atoms with E-state index in [0.29, 0.717) is 17.6 Å². The molecule has 0 radical (unpaired) electrons. The van der Waals surface area contributed by atoms with Gasteiger partial charge in [-0.15, -0.1) is 0 Å². The number of rotatable bonds is 4. The molecule has 5 rings (SSSR count). The number of nitrogens with zero attached hydrogens (tertiary/aromatic N) is 4. The normalized spacial score (nSPS) is 19.1. The number of nitrogens with one attached hydrogen (secondary N) is 1. The van der Waals surface area contributed by atoms with Gasteiger partial charge in [0.15, 0.2) is 5.69 Å². The lowest BCUT2D eigenvalue weighted by molar-refractivity contribution is -0.139. The van der Waals surface area contributed by atoms with Gasteiger partial charge < -0.3 is 9.88 Å². The Kier molecular flexibility index (Phi) is 5.38. The summed E-state index contributed by atoms with van der Waals surface area (Å²) in [6, 6.07) is 5.59. The molecule has 0 atom stereocenters. The van der Waals surface area contributed by atoms with Gasteiger partial charge in [-0.05, 0) is 31.4 Å². The van der Waals surface area contributed by atoms with E-state index in [9.17, 15) is 13.2 Å². The van der Waals surface area contributed by atoms with Gasteiger partial charge in [0, 0.05) is 50.6 Å². The Bertz CT molecular complexity index is 1090. The number of hydrogen-bond acceptors (Lipinski definition) is 4. The van der Waals surface area contributed by atoms with E-state index in [1.807, 2.05) is 19.1 Å². The Balaban J connectivity index is 1.71. The lowest BCUT2D eigenvalue weighted by Gasteiger charge is -2.28. The van der Waals surface area contributed by atoms with Crippen molar-refractivity contribution in [2.24, 2.45) is 0 Å². The lowest BCUT2D eigenvalue weighted by Crippen LogP contribution is -2.44. The van der Waals surface area contributed by atoms with E-state index in [-0.39, 0.29) is 11.4 Å². The summed E-state index contributed by atoms with van der Waals surface area (Å²) in [6.07, 6.45) is -0.349. The van der Waals surface area contributed by atoms with E-state index in [0.717, 1.165) is 75.2 Å². The SMILES string of the molecule is Cc1ccc2c(c1)nc(C(F)(F)F)c1nc(C3CCCC3)n(CCN3CCNCC3)c12. The summed E-state index contributed by atoms with van der Waals surface area (Å²) >= 11 is 0. The molecule has 0 amide bonds. The molecule has 1 aliphatic heterocycles. The predicted molar refractivity (Wildman–Crippen MR) is 115 cm³/mol. The van der Waals surface area contributed by atoms with Crippen molar-refractivity contribution in [2.45, 2.75) is 51.2 Å². The van der Waals surface area contributed by atoms with E-state index in [4.69, 9.17) is 0 Å². The molecule has 3 heterocycles. The molecule has 1 aliphatic carbocycles. The van der Waals surface area contributed by atoms with Gasteiger partial charge in [-0.1, -0.05) is 25.0 Å². The van der Waals surface area contributed by atoms with Gasteiger partial charge in [-0.3, -0.25) is 4.90 Å². The van der Waals surface area contributed by atoms with E-state index < -0.39 is 11.9 Å². The van der Waals surface area contributed by atoms with Crippen LogP contribution in [0.2, 0.25) is 0 Å². The Hall–Kier alpha value is -2.19. The highest BCUT2D eigenvalue weighted by atomic mass is 19.4. The largest absolute Gasteiger partial charge is 0.435 e. The molecule has 0 spiro atoms. The van der Waals surface area contributed by atoms with Crippen molar-refractivity contribution in [3.8, 4) is 0 Å². The maximum absolute atomic E-state index is 14.0. The Labute approximate surface area is 179 Å². The smallest absolute Gasteiger partial charge is 0.326 e. The molecule has 2 aromatic heterocycles. The third-order valence-electron chi connectivity index (χ3n) is 6.70. The van der Waals surface area contributed by atoms with Gasteiger partial charge in [-0.25, -0.2) is 9.97 Å². The molecule has 2 fully saturated rings. The van der Waals surface area contributed by atoms with Gasteiger partial charge >= 0.3 is 6.18 Å². The fourth-order valence-corrected chi connectivity index (χ4v) is 5.11. The first-order valence-corrected chi connectivity index (χ1v) is 11.2. The topological polar surface area (TPSA) is 46.0 Å². The van der Waals surface area contributed by atoms with E-state index in [2.05, 4.69) is 24.8 Å². The van der Waals surface area contributed by atoms with Crippen molar-refractivity contribution < 1.29 is 13.2 Å². The number of piperazine rings is 1. The number of halogens is 3. The molecule has 1 N–H and O–H groups in total. The average Bonchev–Trinajstić information content (AvgIpc) is 3.39. The van der Waals surface area contributed by atoms with Crippen LogP contribution < -0.4 is 5.32 Å². The summed E-state index contributed by atoms with van der Waals surface area (Å²) in [5, 5.41) is 4.11. The first-order chi connectivity index (χ1) is 14.9. The van der Waals surface area contributed by atoms with Crippen molar-refractivity contribution in [3.63, 3.8) is 0 Å². The third-order valence-corrected chi connectivity index (χ3v) is 6.70. The minimum Gasteiger partial charge on any atom is -0.326 e. The third kappa shape index (κ3) is 3.91. The van der Waals surface area contributed by atoms with Crippen LogP contribution in [-0.2, 0) is 12.7 Å². The lowest BCUT2D eigenvalue weighted by atomic mass is 10.1. The Morgan fingerprint density at radius 2 is 1.81 bits per heavy atom. The molecular weight excluding hydrogens is 403 g/mol. The summed E-state index contributed by atoms with van der Waals surface area (Å²) in [5.74, 6) is 1.03. The minimum atomic E-state index is -4.54. The molecule has 0 unspecified atom stereocenters. The van der Waals surface area contributed by atoms with Crippen LogP contribution in [0.15, 0.2) is 18.2 Å². The minimum absolute atomic E-state index is 0.00561. The summed E-state index contributed by atoms with van der Waals surface area (Å²) in [5.41, 5.74) is 1.03. The zero-order chi connectivity index (χ0) is 21.6. The summed E-state index contributed by atoms with van der Waals surface area (Å²) < 4.78 is 44.1. The molecule has 1 saturated carbocycles. The quantitative estimate of drug-likeness (QED) is 0.662. The second-order valence-electron chi connectivity index (χ2n) is 8.87. The average molecular weight is 432 g/mol. The fraction of sp³-hybridized carbons (Fsp3) is 0.565. The van der Waals surface area contributed by atoms with E-state index in [1.165, 1.54) is 0 Å². The van der Waals surface area contributed by atoms with Crippen molar-refractivity contribution in [2.75, 3.05) is 32.7 Å². The number of aromatic nitrogens is 3. The number of benzene rings is 1. The summed E-state index contributed by atoms with van der Waals surface area (Å²) in [4.78, 5) is 11.1. The molecule has 166 valence electrons. The number of aryl methyl sites for hydroxylation is 1. The number of hydrogen-bond donors (Lipinski definition) is 1. The summed E-state index contributed by atoms with van der Waals surface area (Å²) in [7, 11) is 0. The molecule has 31 heavy (non-hydrogen) atoms. The van der Waals surface area contributed by atoms with Crippen LogP contribution in [0.1, 0.15) is 48.7 Å². The van der Waals surface area contributed by atoms with E-state index in [1.54, 1.807) is 6.07 Å². The molecule has 8 heteroatoms. The Morgan fingerprint density at radius 3 is 2.52 bits per heavy atom. The molecule has 3 aromatic rings. The first-order valence-electron chi connectivity index (χ1n) is 11.2. The second kappa shape index (κ2) is 8.06. The number of fused-ring (bicyclic) bond motifs is 3. The van der Waals surface area contributed by atoms with Crippen molar-refractivity contribution in [3.05, 3.63) is 35.3 Å². The second-order valence-corrected chi connectivity index (χ2v) is 8.87. The van der Waals surface area contributed by atoms with Crippen LogP contribution in [-0.4, -0.2) is 52.2 Å². The zero-order valence-electron chi connectivity index (χ0n) is 17.8. The number of imidazole rings is 1. The molecule has 0 bridgehead atoms. The fourth-order valence-electron chi connectivity index (χ4n) is 5.11. The zero-order valence-corrected chi connectivity index (χ0v) is 17.8. The van der Waals surface area contributed by atoms with Gasteiger partial charge in [0.1, 0.15) is 11.3 Å². The van der Waals surface area contributed by atoms with Crippen LogP contribution in [0, 0.1) is 6.92 Å². The first kappa shape index (κ1) is 20.7. The monoisotopic (exact) mass is 431 g/mol. The predicted octanol–water partition coefficient (Wildman–Crippen LogP) is 4.47. The van der Waals surface area contributed by atoms with E-state index >= 15 is 0 Å². The molecule has 5 nitrogen and oxygen atoms in total. The highest BCUT2D eigenvalue weighted by molar-refractivity contribution is 6.04. The van der Waals surface area contributed by atoms with Crippen molar-refractivity contribution in [1.29, 1.82) is 0 Å². The maximum atomic E-state index is 14.0. The standard InChI is InChI=1S/C23H28F3N5/c1-15-6-7-17-18(14-15)28-21(23(24,25)26)19-20(17)31(13-12-30-10-8-27-9-11-30)22(29-19)16-4-2-3-5-16/h6-7,14,16,27H,2-5,8-13H2,1H3. The van der Waals surface area contributed by atoms with Gasteiger partial charge in [0.05, 0.1) is 11.0 Å². The number of alkyl halides is 3. The number of pyridine rings is 1. The van der Waals surface area contributed by atoms with Crippen LogP contribution in [0.4, 0.5) is 13.2 Å². The maximum Gasteiger partial charge on any atom is 0.435 e. The van der Waals surface area contributed by atoms with Crippen LogP contribution >= 0.6 is 0 Å².